The predicted molar refractivity (Wildman–Crippen MR) is 61.8 cm³/mol. The van der Waals surface area contributed by atoms with Crippen molar-refractivity contribution in [3.05, 3.63) is 35.4 Å². The van der Waals surface area contributed by atoms with E-state index in [2.05, 4.69) is 15.2 Å². The minimum atomic E-state index is -4.32. The van der Waals surface area contributed by atoms with E-state index in [1.54, 1.807) is 6.07 Å². The minimum absolute atomic E-state index is 0.182. The Labute approximate surface area is 105 Å². The molecule has 0 spiro atoms. The lowest BCUT2D eigenvalue weighted by molar-refractivity contribution is -0.137. The zero-order valence-electron chi connectivity index (χ0n) is 9.03. The van der Waals surface area contributed by atoms with Gasteiger partial charge in [-0.3, -0.25) is 0 Å². The summed E-state index contributed by atoms with van der Waals surface area (Å²) in [6.45, 7) is 0. The molecule has 0 atom stereocenters. The number of aromatic nitrogens is 3. The molecular formula is C10H9F3N4S. The smallest absolute Gasteiger partial charge is 0.368 e. The molecule has 0 unspecified atom stereocenters. The molecule has 0 aliphatic carbocycles. The number of benzene rings is 1. The number of anilines is 1. The van der Waals surface area contributed by atoms with E-state index < -0.39 is 11.7 Å². The molecule has 0 bridgehead atoms. The van der Waals surface area contributed by atoms with Crippen molar-refractivity contribution in [1.82, 2.24) is 15.2 Å². The summed E-state index contributed by atoms with van der Waals surface area (Å²) in [6.07, 6.45) is -4.32. The number of nitrogens with one attached hydrogen (secondary N) is 1. The van der Waals surface area contributed by atoms with Crippen LogP contribution in [0.5, 0.6) is 0 Å². The van der Waals surface area contributed by atoms with E-state index in [1.165, 1.54) is 17.8 Å². The first kappa shape index (κ1) is 12.7. The van der Waals surface area contributed by atoms with Crippen molar-refractivity contribution in [2.24, 2.45) is 0 Å². The number of hydrogen-bond donors (Lipinski definition) is 2. The highest BCUT2D eigenvalue weighted by Crippen LogP contribution is 2.30. The van der Waals surface area contributed by atoms with Gasteiger partial charge in [0.2, 0.25) is 11.1 Å². The number of H-pyrrole nitrogens is 1. The Hall–Kier alpha value is -1.70. The zero-order chi connectivity index (χ0) is 13.2. The van der Waals surface area contributed by atoms with Gasteiger partial charge in [-0.1, -0.05) is 30.0 Å². The Kier molecular flexibility index (Phi) is 3.46. The third-order valence-corrected chi connectivity index (χ3v) is 3.02. The van der Waals surface area contributed by atoms with Crippen molar-refractivity contribution in [1.29, 1.82) is 0 Å². The lowest BCUT2D eigenvalue weighted by Crippen LogP contribution is -2.04. The van der Waals surface area contributed by atoms with Crippen LogP contribution < -0.4 is 5.73 Å². The molecule has 8 heteroatoms. The van der Waals surface area contributed by atoms with E-state index in [9.17, 15) is 13.2 Å². The Morgan fingerprint density at radius 1 is 1.33 bits per heavy atom. The van der Waals surface area contributed by atoms with Crippen LogP contribution in [0.15, 0.2) is 29.4 Å². The molecule has 0 aliphatic rings. The number of thioether (sulfide) groups is 1. The third kappa shape index (κ3) is 3.16. The van der Waals surface area contributed by atoms with Crippen LogP contribution in [-0.2, 0) is 11.9 Å². The van der Waals surface area contributed by atoms with Gasteiger partial charge in [0.05, 0.1) is 5.56 Å². The van der Waals surface area contributed by atoms with E-state index in [0.717, 1.165) is 12.1 Å². The van der Waals surface area contributed by atoms with Crippen LogP contribution in [0, 0.1) is 0 Å². The Bertz CT molecular complexity index is 538. The number of nitrogen functional groups attached to an aromatic ring is 1. The maximum absolute atomic E-state index is 12.5. The van der Waals surface area contributed by atoms with Gasteiger partial charge in [-0.25, -0.2) is 5.10 Å². The van der Waals surface area contributed by atoms with Crippen LogP contribution in [0.2, 0.25) is 0 Å². The molecule has 4 nitrogen and oxygen atoms in total. The maximum Gasteiger partial charge on any atom is 0.416 e. The second kappa shape index (κ2) is 4.89. The Balaban J connectivity index is 2.06. The summed E-state index contributed by atoms with van der Waals surface area (Å²) in [6, 6.07) is 5.16. The largest absolute Gasteiger partial charge is 0.416 e. The van der Waals surface area contributed by atoms with E-state index >= 15 is 0 Å². The summed E-state index contributed by atoms with van der Waals surface area (Å²) in [5.41, 5.74) is 5.23. The average molecular weight is 274 g/mol. The fraction of sp³-hybridized carbons (Fsp3) is 0.200. The van der Waals surface area contributed by atoms with Crippen LogP contribution in [0.25, 0.3) is 0 Å². The molecule has 3 N–H and O–H groups in total. The number of nitrogens with zero attached hydrogens (tertiary/aromatic N) is 2. The zero-order valence-corrected chi connectivity index (χ0v) is 9.85. The molecule has 0 saturated heterocycles. The first-order chi connectivity index (χ1) is 8.45. The highest BCUT2D eigenvalue weighted by atomic mass is 32.2. The molecule has 0 saturated carbocycles. The lowest BCUT2D eigenvalue weighted by atomic mass is 10.1. The van der Waals surface area contributed by atoms with Crippen molar-refractivity contribution >= 4 is 17.7 Å². The summed E-state index contributed by atoms with van der Waals surface area (Å²) in [7, 11) is 0. The van der Waals surface area contributed by atoms with E-state index in [1.807, 2.05) is 0 Å². The van der Waals surface area contributed by atoms with Crippen LogP contribution in [0.1, 0.15) is 11.1 Å². The van der Waals surface area contributed by atoms with E-state index in [-0.39, 0.29) is 5.95 Å². The number of hydrogen-bond acceptors (Lipinski definition) is 4. The molecule has 2 rings (SSSR count). The number of aromatic amines is 1. The number of rotatable bonds is 3. The molecule has 1 aromatic carbocycles. The topological polar surface area (TPSA) is 67.6 Å². The fourth-order valence-electron chi connectivity index (χ4n) is 1.31. The quantitative estimate of drug-likeness (QED) is 0.844. The van der Waals surface area contributed by atoms with E-state index in [4.69, 9.17) is 5.73 Å². The van der Waals surface area contributed by atoms with Crippen molar-refractivity contribution in [2.75, 3.05) is 5.73 Å². The summed E-state index contributed by atoms with van der Waals surface area (Å²) >= 11 is 1.21. The standard InChI is InChI=1S/C10H9F3N4S/c11-10(12,13)7-3-1-2-6(4-7)5-18-9-15-8(14)16-17-9/h1-4H,5H2,(H3,14,15,16,17). The SMILES string of the molecule is Nc1nc(SCc2cccc(C(F)(F)F)c2)n[nH]1. The van der Waals surface area contributed by atoms with E-state index in [0.29, 0.717) is 16.5 Å². The highest BCUT2D eigenvalue weighted by Gasteiger charge is 2.30. The van der Waals surface area contributed by atoms with Crippen LogP contribution in [-0.4, -0.2) is 15.2 Å². The van der Waals surface area contributed by atoms with Gasteiger partial charge < -0.3 is 5.73 Å². The second-order valence-electron chi connectivity index (χ2n) is 3.49. The molecule has 1 aromatic heterocycles. The Morgan fingerprint density at radius 3 is 2.72 bits per heavy atom. The monoisotopic (exact) mass is 274 g/mol. The second-order valence-corrected chi connectivity index (χ2v) is 4.43. The number of nitrogens with two attached hydrogens (primary N) is 1. The number of halogens is 3. The summed E-state index contributed by atoms with van der Waals surface area (Å²) in [5.74, 6) is 0.530. The fourth-order valence-corrected chi connectivity index (χ4v) is 2.06. The van der Waals surface area contributed by atoms with Gasteiger partial charge in [0.1, 0.15) is 0 Å². The average Bonchev–Trinajstić information content (AvgIpc) is 2.72. The van der Waals surface area contributed by atoms with Crippen molar-refractivity contribution in [3.63, 3.8) is 0 Å². The first-order valence-electron chi connectivity index (χ1n) is 4.92. The van der Waals surface area contributed by atoms with Gasteiger partial charge in [0.25, 0.3) is 0 Å². The van der Waals surface area contributed by atoms with Gasteiger partial charge in [0.15, 0.2) is 0 Å². The molecule has 0 fully saturated rings. The third-order valence-electron chi connectivity index (χ3n) is 2.10. The Morgan fingerprint density at radius 2 is 2.11 bits per heavy atom. The predicted octanol–water partition coefficient (Wildman–Crippen LogP) is 2.70. The summed E-state index contributed by atoms with van der Waals surface area (Å²) in [4.78, 5) is 3.85. The van der Waals surface area contributed by atoms with Gasteiger partial charge >= 0.3 is 6.18 Å². The number of alkyl halides is 3. The van der Waals surface area contributed by atoms with Crippen molar-refractivity contribution in [2.45, 2.75) is 17.1 Å². The molecule has 0 aliphatic heterocycles. The molecule has 96 valence electrons. The molecule has 0 amide bonds. The van der Waals surface area contributed by atoms with Crippen LogP contribution >= 0.6 is 11.8 Å². The molecular weight excluding hydrogens is 265 g/mol. The molecule has 0 radical (unpaired) electrons. The van der Waals surface area contributed by atoms with Crippen molar-refractivity contribution < 1.29 is 13.2 Å². The summed E-state index contributed by atoms with van der Waals surface area (Å²) < 4.78 is 37.4. The van der Waals surface area contributed by atoms with Gasteiger partial charge in [-0.15, -0.1) is 5.10 Å². The lowest BCUT2D eigenvalue weighted by Gasteiger charge is -2.07. The summed E-state index contributed by atoms with van der Waals surface area (Å²) in [5, 5.41) is 6.65. The van der Waals surface area contributed by atoms with Crippen LogP contribution in [0.3, 0.4) is 0 Å². The highest BCUT2D eigenvalue weighted by molar-refractivity contribution is 7.98. The maximum atomic E-state index is 12.5. The normalized spacial score (nSPS) is 11.7. The van der Waals surface area contributed by atoms with Gasteiger partial charge in [0, 0.05) is 5.75 Å². The minimum Gasteiger partial charge on any atom is -0.368 e. The first-order valence-corrected chi connectivity index (χ1v) is 5.90. The van der Waals surface area contributed by atoms with Gasteiger partial charge in [-0.05, 0) is 11.6 Å². The van der Waals surface area contributed by atoms with Crippen LogP contribution in [0.4, 0.5) is 19.1 Å². The van der Waals surface area contributed by atoms with Gasteiger partial charge in [-0.2, -0.15) is 18.2 Å². The molecule has 18 heavy (non-hydrogen) atoms. The van der Waals surface area contributed by atoms with Crippen molar-refractivity contribution in [3.8, 4) is 0 Å². The molecule has 2 aromatic rings. The molecule has 1 heterocycles.